The van der Waals surface area contributed by atoms with Crippen LogP contribution in [0.4, 0.5) is 0 Å². The Morgan fingerprint density at radius 3 is 2.95 bits per heavy atom. The van der Waals surface area contributed by atoms with E-state index >= 15 is 0 Å². The van der Waals surface area contributed by atoms with Crippen molar-refractivity contribution < 1.29 is 14.7 Å². The zero-order chi connectivity index (χ0) is 13.7. The second-order valence-corrected chi connectivity index (χ2v) is 4.60. The van der Waals surface area contributed by atoms with E-state index in [-0.39, 0.29) is 16.6 Å². The van der Waals surface area contributed by atoms with Crippen LogP contribution < -0.4 is 5.32 Å². The molecule has 0 aromatic carbocycles. The molecule has 0 spiro atoms. The van der Waals surface area contributed by atoms with E-state index in [9.17, 15) is 9.59 Å². The van der Waals surface area contributed by atoms with Gasteiger partial charge in [0.25, 0.3) is 5.91 Å². The molecule has 7 nitrogen and oxygen atoms in total. The maximum Gasteiger partial charge on any atom is 0.355 e. The summed E-state index contributed by atoms with van der Waals surface area (Å²) in [5.41, 5.74) is -0.106. The number of carboxylic acid groups (broad SMARTS) is 1. The Morgan fingerprint density at radius 1 is 1.47 bits per heavy atom. The fourth-order valence-corrected chi connectivity index (χ4v) is 2.15. The number of amides is 1. The van der Waals surface area contributed by atoms with Crippen molar-refractivity contribution in [3.8, 4) is 0 Å². The molecule has 0 fully saturated rings. The number of nitrogens with zero attached hydrogens (tertiary/aromatic N) is 2. The van der Waals surface area contributed by atoms with Gasteiger partial charge in [0.2, 0.25) is 0 Å². The largest absolute Gasteiger partial charge is 0.476 e. The molecule has 0 aliphatic carbocycles. The van der Waals surface area contributed by atoms with E-state index in [2.05, 4.69) is 20.3 Å². The summed E-state index contributed by atoms with van der Waals surface area (Å²) in [5, 5.41) is 12.9. The van der Waals surface area contributed by atoms with Gasteiger partial charge in [0.15, 0.2) is 10.7 Å². The van der Waals surface area contributed by atoms with Crippen LogP contribution in [0, 0.1) is 0 Å². The lowest BCUT2D eigenvalue weighted by atomic mass is 10.3. The van der Waals surface area contributed by atoms with Gasteiger partial charge < -0.3 is 15.4 Å². The lowest BCUT2D eigenvalue weighted by Gasteiger charge is -2.01. The molecule has 0 radical (unpaired) electrons. The van der Waals surface area contributed by atoms with E-state index in [0.717, 1.165) is 30.0 Å². The van der Waals surface area contributed by atoms with Crippen molar-refractivity contribution in [3.63, 3.8) is 0 Å². The zero-order valence-electron chi connectivity index (χ0n) is 9.92. The Labute approximate surface area is 112 Å². The highest BCUT2D eigenvalue weighted by Crippen LogP contribution is 2.09. The van der Waals surface area contributed by atoms with Crippen LogP contribution in [0.5, 0.6) is 0 Å². The minimum atomic E-state index is -1.13. The normalized spacial score (nSPS) is 10.3. The fourth-order valence-electron chi connectivity index (χ4n) is 1.44. The maximum absolute atomic E-state index is 11.7. The van der Waals surface area contributed by atoms with Crippen molar-refractivity contribution in [2.75, 3.05) is 6.54 Å². The summed E-state index contributed by atoms with van der Waals surface area (Å²) in [7, 11) is 0. The van der Waals surface area contributed by atoms with Crippen LogP contribution in [-0.2, 0) is 6.42 Å². The molecule has 0 unspecified atom stereocenters. The van der Waals surface area contributed by atoms with Crippen LogP contribution >= 0.6 is 11.3 Å². The molecule has 0 bridgehead atoms. The fraction of sp³-hybridized carbons (Fsp3) is 0.273. The van der Waals surface area contributed by atoms with E-state index in [1.807, 2.05) is 0 Å². The number of aromatic nitrogens is 3. The van der Waals surface area contributed by atoms with Gasteiger partial charge in [0, 0.05) is 30.7 Å². The molecule has 0 saturated carbocycles. The Kier molecular flexibility index (Phi) is 4.24. The van der Waals surface area contributed by atoms with E-state index in [4.69, 9.17) is 5.11 Å². The quantitative estimate of drug-likeness (QED) is 0.682. The van der Waals surface area contributed by atoms with Crippen molar-refractivity contribution >= 4 is 23.2 Å². The Bertz CT molecular complexity index is 564. The number of aromatic carboxylic acids is 1. The summed E-state index contributed by atoms with van der Waals surface area (Å²) in [4.78, 5) is 33.1. The standard InChI is InChI=1S/C11H12N4O3S/c16-9(10-15-7(6-19-10)11(17)18)14-3-1-2-8-12-4-5-13-8/h4-6H,1-3H2,(H,12,13)(H,14,16)(H,17,18). The zero-order valence-corrected chi connectivity index (χ0v) is 10.7. The van der Waals surface area contributed by atoms with Gasteiger partial charge in [-0.1, -0.05) is 0 Å². The topological polar surface area (TPSA) is 108 Å². The summed E-state index contributed by atoms with van der Waals surface area (Å²) in [6, 6.07) is 0. The van der Waals surface area contributed by atoms with Gasteiger partial charge in [0.1, 0.15) is 5.82 Å². The smallest absolute Gasteiger partial charge is 0.355 e. The molecule has 8 heteroatoms. The molecular formula is C11H12N4O3S. The number of hydrogen-bond donors (Lipinski definition) is 3. The van der Waals surface area contributed by atoms with Crippen LogP contribution in [0.1, 0.15) is 32.5 Å². The molecule has 2 aromatic rings. The number of carbonyl (C=O) groups excluding carboxylic acids is 1. The minimum Gasteiger partial charge on any atom is -0.476 e. The average Bonchev–Trinajstić information content (AvgIpc) is 3.05. The van der Waals surface area contributed by atoms with Crippen LogP contribution in [-0.4, -0.2) is 38.5 Å². The highest BCUT2D eigenvalue weighted by molar-refractivity contribution is 7.11. The average molecular weight is 280 g/mol. The van der Waals surface area contributed by atoms with Gasteiger partial charge in [-0.05, 0) is 6.42 Å². The molecule has 2 heterocycles. The number of nitrogens with one attached hydrogen (secondary N) is 2. The summed E-state index contributed by atoms with van der Waals surface area (Å²) < 4.78 is 0. The van der Waals surface area contributed by atoms with Gasteiger partial charge in [-0.25, -0.2) is 14.8 Å². The van der Waals surface area contributed by atoms with Crippen molar-refractivity contribution in [2.24, 2.45) is 0 Å². The first-order valence-corrected chi connectivity index (χ1v) is 6.50. The van der Waals surface area contributed by atoms with Crippen molar-refractivity contribution in [1.29, 1.82) is 0 Å². The molecular weight excluding hydrogens is 268 g/mol. The van der Waals surface area contributed by atoms with E-state index in [0.29, 0.717) is 6.54 Å². The summed E-state index contributed by atoms with van der Waals surface area (Å²) in [6.07, 6.45) is 4.91. The molecule has 0 saturated heterocycles. The number of aromatic amines is 1. The number of carbonyl (C=O) groups is 2. The van der Waals surface area contributed by atoms with E-state index in [1.54, 1.807) is 12.4 Å². The van der Waals surface area contributed by atoms with Gasteiger partial charge in [-0.3, -0.25) is 4.79 Å². The summed E-state index contributed by atoms with van der Waals surface area (Å²) in [6.45, 7) is 0.488. The van der Waals surface area contributed by atoms with Crippen LogP contribution in [0.2, 0.25) is 0 Å². The summed E-state index contributed by atoms with van der Waals surface area (Å²) in [5.74, 6) is -0.610. The van der Waals surface area contributed by atoms with Crippen molar-refractivity contribution in [3.05, 3.63) is 34.3 Å². The number of hydrogen-bond acceptors (Lipinski definition) is 5. The Balaban J connectivity index is 1.76. The molecule has 1 amide bonds. The molecule has 19 heavy (non-hydrogen) atoms. The van der Waals surface area contributed by atoms with Crippen LogP contribution in [0.15, 0.2) is 17.8 Å². The number of thiazole rings is 1. The van der Waals surface area contributed by atoms with Crippen molar-refractivity contribution in [1.82, 2.24) is 20.3 Å². The monoisotopic (exact) mass is 280 g/mol. The molecule has 2 rings (SSSR count). The van der Waals surface area contributed by atoms with Crippen LogP contribution in [0.25, 0.3) is 0 Å². The Morgan fingerprint density at radius 2 is 2.32 bits per heavy atom. The second kappa shape index (κ2) is 6.10. The lowest BCUT2D eigenvalue weighted by molar-refractivity contribution is 0.0691. The molecule has 3 N–H and O–H groups in total. The highest BCUT2D eigenvalue weighted by atomic mass is 32.1. The van der Waals surface area contributed by atoms with Gasteiger partial charge in [-0.15, -0.1) is 11.3 Å². The number of carboxylic acids is 1. The number of rotatable bonds is 6. The number of imidazole rings is 1. The second-order valence-electron chi connectivity index (χ2n) is 3.74. The number of aryl methyl sites for hydroxylation is 1. The van der Waals surface area contributed by atoms with Crippen LogP contribution in [0.3, 0.4) is 0 Å². The molecule has 0 atom stereocenters. The minimum absolute atomic E-state index is 0.106. The summed E-state index contributed by atoms with van der Waals surface area (Å²) >= 11 is 1.02. The third-order valence-electron chi connectivity index (χ3n) is 2.35. The third kappa shape index (κ3) is 3.62. The van der Waals surface area contributed by atoms with Gasteiger partial charge in [-0.2, -0.15) is 0 Å². The van der Waals surface area contributed by atoms with Crippen molar-refractivity contribution in [2.45, 2.75) is 12.8 Å². The predicted molar refractivity (Wildman–Crippen MR) is 68.3 cm³/mol. The molecule has 0 aliphatic rings. The third-order valence-corrected chi connectivity index (χ3v) is 3.19. The first-order chi connectivity index (χ1) is 9.16. The highest BCUT2D eigenvalue weighted by Gasteiger charge is 2.13. The molecule has 0 aliphatic heterocycles. The SMILES string of the molecule is O=C(O)c1csc(C(=O)NCCCc2ncc[nH]2)n1. The van der Waals surface area contributed by atoms with E-state index < -0.39 is 5.97 Å². The number of H-pyrrole nitrogens is 1. The predicted octanol–water partition coefficient (Wildman–Crippen LogP) is 0.927. The van der Waals surface area contributed by atoms with Gasteiger partial charge >= 0.3 is 5.97 Å². The molecule has 2 aromatic heterocycles. The lowest BCUT2D eigenvalue weighted by Crippen LogP contribution is -2.24. The first kappa shape index (κ1) is 13.2. The Hall–Kier alpha value is -2.22. The first-order valence-electron chi connectivity index (χ1n) is 5.62. The van der Waals surface area contributed by atoms with E-state index in [1.165, 1.54) is 5.38 Å². The molecule has 100 valence electrons. The maximum atomic E-state index is 11.7. The van der Waals surface area contributed by atoms with Gasteiger partial charge in [0.05, 0.1) is 0 Å².